The summed E-state index contributed by atoms with van der Waals surface area (Å²) in [6.45, 7) is 4.22. The van der Waals surface area contributed by atoms with E-state index >= 15 is 0 Å². The summed E-state index contributed by atoms with van der Waals surface area (Å²) in [6.07, 6.45) is 3.67. The second kappa shape index (κ2) is 7.50. The quantitative estimate of drug-likeness (QED) is 0.821. The Morgan fingerprint density at radius 1 is 1.32 bits per heavy atom. The van der Waals surface area contributed by atoms with Crippen LogP contribution in [0.2, 0.25) is 0 Å². The van der Waals surface area contributed by atoms with Gasteiger partial charge in [0.1, 0.15) is 17.7 Å². The molecule has 1 amide bonds. The molecule has 3 rings (SSSR count). The summed E-state index contributed by atoms with van der Waals surface area (Å²) in [5.41, 5.74) is 0.445. The fourth-order valence-electron chi connectivity index (χ4n) is 3.22. The first-order valence-corrected chi connectivity index (χ1v) is 8.43. The van der Waals surface area contributed by atoms with Crippen LogP contribution < -0.4 is 9.47 Å². The lowest BCUT2D eigenvalue weighted by molar-refractivity contribution is 0.0699. The predicted octanol–water partition coefficient (Wildman–Crippen LogP) is 1.73. The topological polar surface area (TPSA) is 82.4 Å². The number of pyridine rings is 1. The van der Waals surface area contributed by atoms with E-state index in [-0.39, 0.29) is 17.7 Å². The largest absolute Gasteiger partial charge is 0.481 e. The summed E-state index contributed by atoms with van der Waals surface area (Å²) in [5.74, 6) is 1.75. The zero-order valence-electron chi connectivity index (χ0n) is 14.8. The average Bonchev–Trinajstić information content (AvgIpc) is 3.15. The van der Waals surface area contributed by atoms with Gasteiger partial charge in [-0.3, -0.25) is 4.79 Å². The van der Waals surface area contributed by atoms with Crippen molar-refractivity contribution in [2.75, 3.05) is 27.3 Å². The predicted molar refractivity (Wildman–Crippen MR) is 90.9 cm³/mol. The molecule has 1 aliphatic heterocycles. The molecule has 134 valence electrons. The van der Waals surface area contributed by atoms with E-state index < -0.39 is 0 Å². The van der Waals surface area contributed by atoms with Gasteiger partial charge in [0.25, 0.3) is 5.91 Å². The van der Waals surface area contributed by atoms with Crippen molar-refractivity contribution >= 4 is 5.91 Å². The van der Waals surface area contributed by atoms with Crippen LogP contribution in [0.4, 0.5) is 0 Å². The number of amides is 1. The smallest absolute Gasteiger partial charge is 0.259 e. The van der Waals surface area contributed by atoms with Crippen molar-refractivity contribution in [2.45, 2.75) is 32.2 Å². The number of likely N-dealkylation sites (tertiary alicyclic amines) is 1. The number of carbonyl (C=O) groups is 1. The van der Waals surface area contributed by atoms with Crippen LogP contribution in [0, 0.1) is 0 Å². The van der Waals surface area contributed by atoms with E-state index in [1.54, 1.807) is 18.5 Å². The van der Waals surface area contributed by atoms with Crippen molar-refractivity contribution in [3.05, 3.63) is 29.8 Å². The van der Waals surface area contributed by atoms with Gasteiger partial charge >= 0.3 is 0 Å². The lowest BCUT2D eigenvalue weighted by Crippen LogP contribution is -2.40. The van der Waals surface area contributed by atoms with E-state index in [1.807, 2.05) is 9.47 Å². The molecule has 1 atom stereocenters. The first-order chi connectivity index (χ1) is 12.2. The van der Waals surface area contributed by atoms with Gasteiger partial charge < -0.3 is 18.9 Å². The monoisotopic (exact) mass is 345 g/mol. The fraction of sp³-hybridized carbons (Fsp3) is 0.529. The maximum Gasteiger partial charge on any atom is 0.259 e. The van der Waals surface area contributed by atoms with Crippen LogP contribution >= 0.6 is 0 Å². The first-order valence-electron chi connectivity index (χ1n) is 8.43. The van der Waals surface area contributed by atoms with Gasteiger partial charge in [-0.2, -0.15) is 4.98 Å². The molecule has 8 heteroatoms. The molecule has 0 radical (unpaired) electrons. The van der Waals surface area contributed by atoms with Crippen molar-refractivity contribution in [2.24, 2.45) is 0 Å². The molecule has 0 N–H and O–H groups in total. The van der Waals surface area contributed by atoms with Crippen LogP contribution in [-0.4, -0.2) is 57.9 Å². The van der Waals surface area contributed by atoms with Crippen LogP contribution in [0.1, 0.15) is 41.9 Å². The number of rotatable bonds is 5. The number of hydrogen-bond donors (Lipinski definition) is 0. The van der Waals surface area contributed by atoms with Crippen LogP contribution in [-0.2, 0) is 6.54 Å². The summed E-state index contributed by atoms with van der Waals surface area (Å²) < 4.78 is 12.4. The van der Waals surface area contributed by atoms with Gasteiger partial charge in [0, 0.05) is 31.6 Å². The van der Waals surface area contributed by atoms with Crippen molar-refractivity contribution in [1.29, 1.82) is 0 Å². The molecule has 2 aromatic heterocycles. The number of ether oxygens (including phenoxy) is 2. The lowest BCUT2D eigenvalue weighted by Gasteiger charge is -2.32. The molecule has 3 heterocycles. The zero-order valence-corrected chi connectivity index (χ0v) is 14.8. The SMILES string of the molecule is CCn1cnnc1[C@H]1CCCN(C(=O)c2ccc(OC)nc2OC)C1. The highest BCUT2D eigenvalue weighted by molar-refractivity contribution is 5.96. The second-order valence-electron chi connectivity index (χ2n) is 5.98. The molecule has 25 heavy (non-hydrogen) atoms. The van der Waals surface area contributed by atoms with Crippen molar-refractivity contribution in [1.82, 2.24) is 24.6 Å². The number of carbonyl (C=O) groups excluding carboxylic acids is 1. The highest BCUT2D eigenvalue weighted by atomic mass is 16.5. The fourth-order valence-corrected chi connectivity index (χ4v) is 3.22. The van der Waals surface area contributed by atoms with E-state index in [9.17, 15) is 4.79 Å². The van der Waals surface area contributed by atoms with Gasteiger partial charge in [-0.05, 0) is 25.8 Å². The van der Waals surface area contributed by atoms with Crippen molar-refractivity contribution < 1.29 is 14.3 Å². The molecule has 0 bridgehead atoms. The molecule has 2 aromatic rings. The number of aryl methyl sites for hydroxylation is 1. The van der Waals surface area contributed by atoms with Gasteiger partial charge in [0.05, 0.1) is 14.2 Å². The van der Waals surface area contributed by atoms with Crippen LogP contribution in [0.15, 0.2) is 18.5 Å². The second-order valence-corrected chi connectivity index (χ2v) is 5.98. The molecular weight excluding hydrogens is 322 g/mol. The number of hydrogen-bond acceptors (Lipinski definition) is 6. The van der Waals surface area contributed by atoms with E-state index in [0.717, 1.165) is 25.2 Å². The number of aromatic nitrogens is 4. The Kier molecular flexibility index (Phi) is 5.16. The number of nitrogens with zero attached hydrogens (tertiary/aromatic N) is 5. The maximum atomic E-state index is 13.0. The third kappa shape index (κ3) is 3.42. The lowest BCUT2D eigenvalue weighted by atomic mass is 9.96. The Labute approximate surface area is 146 Å². The molecule has 1 aliphatic rings. The zero-order chi connectivity index (χ0) is 17.8. The maximum absolute atomic E-state index is 13.0. The van der Waals surface area contributed by atoms with Gasteiger partial charge in [-0.25, -0.2) is 0 Å². The molecule has 0 saturated carbocycles. The summed E-state index contributed by atoms with van der Waals surface area (Å²) >= 11 is 0. The first kappa shape index (κ1) is 17.2. The van der Waals surface area contributed by atoms with E-state index in [4.69, 9.17) is 9.47 Å². The summed E-state index contributed by atoms with van der Waals surface area (Å²) in [4.78, 5) is 19.0. The minimum atomic E-state index is -0.0840. The summed E-state index contributed by atoms with van der Waals surface area (Å²) in [6, 6.07) is 3.37. The van der Waals surface area contributed by atoms with Gasteiger partial charge in [0.15, 0.2) is 0 Å². The Balaban J connectivity index is 1.80. The molecule has 0 aliphatic carbocycles. The molecule has 1 saturated heterocycles. The number of piperidine rings is 1. The third-order valence-electron chi connectivity index (χ3n) is 4.53. The molecule has 1 fully saturated rings. The number of methoxy groups -OCH3 is 2. The van der Waals surface area contributed by atoms with Crippen molar-refractivity contribution in [3.63, 3.8) is 0 Å². The Bertz CT molecular complexity index is 746. The van der Waals surface area contributed by atoms with Crippen LogP contribution in [0.25, 0.3) is 0 Å². The highest BCUT2D eigenvalue weighted by Crippen LogP contribution is 2.28. The molecule has 0 spiro atoms. The molecule has 0 aromatic carbocycles. The third-order valence-corrected chi connectivity index (χ3v) is 4.53. The van der Waals surface area contributed by atoms with E-state index in [2.05, 4.69) is 22.1 Å². The average molecular weight is 345 g/mol. The van der Waals surface area contributed by atoms with E-state index in [0.29, 0.717) is 24.5 Å². The van der Waals surface area contributed by atoms with E-state index in [1.165, 1.54) is 14.2 Å². The molecule has 8 nitrogen and oxygen atoms in total. The van der Waals surface area contributed by atoms with Gasteiger partial charge in [-0.15, -0.1) is 10.2 Å². The van der Waals surface area contributed by atoms with Crippen LogP contribution in [0.5, 0.6) is 11.8 Å². The summed E-state index contributed by atoms with van der Waals surface area (Å²) in [5, 5.41) is 8.26. The molecule has 0 unspecified atom stereocenters. The van der Waals surface area contributed by atoms with Gasteiger partial charge in [-0.1, -0.05) is 0 Å². The Hall–Kier alpha value is -2.64. The summed E-state index contributed by atoms with van der Waals surface area (Å²) in [7, 11) is 3.03. The normalized spacial score (nSPS) is 17.4. The van der Waals surface area contributed by atoms with Gasteiger partial charge in [0.2, 0.25) is 11.8 Å². The molecular formula is C17H23N5O3. The Morgan fingerprint density at radius 3 is 2.88 bits per heavy atom. The van der Waals surface area contributed by atoms with Crippen LogP contribution in [0.3, 0.4) is 0 Å². The Morgan fingerprint density at radius 2 is 2.16 bits per heavy atom. The standard InChI is InChI=1S/C17H23N5O3/c1-4-21-11-18-20-15(21)12-6-5-9-22(10-12)17(23)13-7-8-14(24-2)19-16(13)25-3/h7-8,11-12H,4-6,9-10H2,1-3H3/t12-/m0/s1. The highest BCUT2D eigenvalue weighted by Gasteiger charge is 2.30. The van der Waals surface area contributed by atoms with Crippen molar-refractivity contribution in [3.8, 4) is 11.8 Å². The minimum Gasteiger partial charge on any atom is -0.481 e. The minimum absolute atomic E-state index is 0.0840.